The molecular weight excluding hydrogens is 282 g/mol. The first-order valence-corrected chi connectivity index (χ1v) is 9.51. The van der Waals surface area contributed by atoms with E-state index in [-0.39, 0.29) is 0 Å². The predicted octanol–water partition coefficient (Wildman–Crippen LogP) is 3.05. The highest BCUT2D eigenvalue weighted by Crippen LogP contribution is 2.37. The van der Waals surface area contributed by atoms with Gasteiger partial charge in [-0.1, -0.05) is 37.9 Å². The summed E-state index contributed by atoms with van der Waals surface area (Å²) in [6.45, 7) is 3.36. The van der Waals surface area contributed by atoms with Crippen LogP contribution in [0.5, 0.6) is 0 Å². The molecule has 1 aromatic rings. The van der Waals surface area contributed by atoms with Crippen molar-refractivity contribution in [2.24, 2.45) is 5.92 Å². The van der Waals surface area contributed by atoms with E-state index in [1.54, 1.807) is 0 Å². The zero-order valence-corrected chi connectivity index (χ0v) is 13.8. The highest BCUT2D eigenvalue weighted by Gasteiger charge is 2.29. The minimum Gasteiger partial charge on any atom is -0.313 e. The van der Waals surface area contributed by atoms with Crippen molar-refractivity contribution in [1.82, 2.24) is 25.5 Å². The second-order valence-electron chi connectivity index (χ2n) is 6.41. The van der Waals surface area contributed by atoms with E-state index < -0.39 is 0 Å². The Balaban J connectivity index is 1.56. The van der Waals surface area contributed by atoms with Crippen LogP contribution < -0.4 is 5.32 Å². The van der Waals surface area contributed by atoms with Crippen molar-refractivity contribution in [3.05, 3.63) is 0 Å². The van der Waals surface area contributed by atoms with Gasteiger partial charge < -0.3 is 5.32 Å². The van der Waals surface area contributed by atoms with E-state index in [4.69, 9.17) is 0 Å². The van der Waals surface area contributed by atoms with Crippen molar-refractivity contribution in [1.29, 1.82) is 0 Å². The maximum absolute atomic E-state index is 4.21. The third-order valence-electron chi connectivity index (χ3n) is 4.62. The summed E-state index contributed by atoms with van der Waals surface area (Å²) in [6, 6.07) is 1.18. The Bertz CT molecular complexity index is 425. The first-order chi connectivity index (χ1) is 10.4. The van der Waals surface area contributed by atoms with Crippen molar-refractivity contribution >= 4 is 11.8 Å². The first kappa shape index (κ1) is 15.3. The highest BCUT2D eigenvalue weighted by molar-refractivity contribution is 7.99. The van der Waals surface area contributed by atoms with Gasteiger partial charge >= 0.3 is 0 Å². The molecule has 118 valence electrons. The second kappa shape index (κ2) is 7.58. The molecule has 0 aromatic carbocycles. The molecule has 0 amide bonds. The molecular formula is C15H27N5S. The summed E-state index contributed by atoms with van der Waals surface area (Å²) in [5.41, 5.74) is 0. The summed E-state index contributed by atoms with van der Waals surface area (Å²) >= 11 is 1.84. The first-order valence-electron chi connectivity index (χ1n) is 8.52. The van der Waals surface area contributed by atoms with Gasteiger partial charge in [-0.25, -0.2) is 4.68 Å². The average molecular weight is 309 g/mol. The molecule has 2 saturated carbocycles. The summed E-state index contributed by atoms with van der Waals surface area (Å²) < 4.78 is 2.03. The molecule has 2 aliphatic rings. The molecule has 1 heterocycles. The molecule has 0 radical (unpaired) electrons. The minimum atomic E-state index is 0.569. The molecule has 3 rings (SSSR count). The number of aromatic nitrogens is 4. The lowest BCUT2D eigenvalue weighted by Gasteiger charge is -2.30. The van der Waals surface area contributed by atoms with Crippen molar-refractivity contribution in [2.45, 2.75) is 75.5 Å². The van der Waals surface area contributed by atoms with Gasteiger partial charge in [0, 0.05) is 11.8 Å². The van der Waals surface area contributed by atoms with Crippen LogP contribution in [0.3, 0.4) is 0 Å². The van der Waals surface area contributed by atoms with Crippen LogP contribution in [0.2, 0.25) is 0 Å². The second-order valence-corrected chi connectivity index (χ2v) is 7.39. The number of tetrazole rings is 1. The Morgan fingerprint density at radius 1 is 1.24 bits per heavy atom. The highest BCUT2D eigenvalue weighted by atomic mass is 32.2. The van der Waals surface area contributed by atoms with Gasteiger partial charge in [0.05, 0.1) is 6.04 Å². The van der Waals surface area contributed by atoms with Crippen molar-refractivity contribution in [3.8, 4) is 0 Å². The topological polar surface area (TPSA) is 55.6 Å². The summed E-state index contributed by atoms with van der Waals surface area (Å²) in [5.74, 6) is 1.93. The van der Waals surface area contributed by atoms with Gasteiger partial charge in [0.15, 0.2) is 0 Å². The summed E-state index contributed by atoms with van der Waals surface area (Å²) in [7, 11) is 0. The third-order valence-corrected chi connectivity index (χ3v) is 5.68. The lowest BCUT2D eigenvalue weighted by Crippen LogP contribution is -2.39. The van der Waals surface area contributed by atoms with E-state index in [0.29, 0.717) is 12.1 Å². The molecule has 2 aliphatic carbocycles. The average Bonchev–Trinajstić information content (AvgIpc) is 3.27. The van der Waals surface area contributed by atoms with E-state index in [2.05, 4.69) is 27.8 Å². The van der Waals surface area contributed by atoms with Crippen LogP contribution in [-0.4, -0.2) is 38.5 Å². The SMILES string of the molecule is CCCNC(CSc1nnnn1C1CC1)C1CCCCC1. The molecule has 1 N–H and O–H groups in total. The van der Waals surface area contributed by atoms with Gasteiger partial charge in [0.25, 0.3) is 0 Å². The molecule has 0 saturated heterocycles. The fourth-order valence-corrected chi connectivity index (χ4v) is 4.35. The third kappa shape index (κ3) is 4.19. The van der Waals surface area contributed by atoms with Crippen LogP contribution in [0.4, 0.5) is 0 Å². The van der Waals surface area contributed by atoms with E-state index in [0.717, 1.165) is 23.4 Å². The van der Waals surface area contributed by atoms with Gasteiger partial charge in [0.2, 0.25) is 5.16 Å². The summed E-state index contributed by atoms with van der Waals surface area (Å²) in [6.07, 6.45) is 10.7. The molecule has 6 heteroatoms. The van der Waals surface area contributed by atoms with Crippen LogP contribution in [0.25, 0.3) is 0 Å². The Morgan fingerprint density at radius 3 is 2.76 bits per heavy atom. The van der Waals surface area contributed by atoms with Crippen molar-refractivity contribution < 1.29 is 0 Å². The van der Waals surface area contributed by atoms with E-state index in [1.165, 1.54) is 51.4 Å². The lowest BCUT2D eigenvalue weighted by atomic mass is 9.84. The monoisotopic (exact) mass is 309 g/mol. The van der Waals surface area contributed by atoms with Crippen LogP contribution in [0, 0.1) is 5.92 Å². The van der Waals surface area contributed by atoms with Crippen LogP contribution in [0.1, 0.15) is 64.3 Å². The van der Waals surface area contributed by atoms with Crippen molar-refractivity contribution in [2.75, 3.05) is 12.3 Å². The normalized spacial score (nSPS) is 21.6. The molecule has 5 nitrogen and oxygen atoms in total. The molecule has 1 aromatic heterocycles. The maximum Gasteiger partial charge on any atom is 0.209 e. The predicted molar refractivity (Wildman–Crippen MR) is 85.5 cm³/mol. The Hall–Kier alpha value is -0.620. The number of thioether (sulfide) groups is 1. The Kier molecular flexibility index (Phi) is 5.52. The number of hydrogen-bond donors (Lipinski definition) is 1. The fraction of sp³-hybridized carbons (Fsp3) is 0.933. The number of nitrogens with one attached hydrogen (secondary N) is 1. The van der Waals surface area contributed by atoms with Crippen LogP contribution in [-0.2, 0) is 0 Å². The number of rotatable bonds is 8. The van der Waals surface area contributed by atoms with Gasteiger partial charge in [-0.15, -0.1) is 5.10 Å². The lowest BCUT2D eigenvalue weighted by molar-refractivity contribution is 0.285. The van der Waals surface area contributed by atoms with Crippen LogP contribution in [0.15, 0.2) is 5.16 Å². The van der Waals surface area contributed by atoms with Crippen molar-refractivity contribution in [3.63, 3.8) is 0 Å². The maximum atomic E-state index is 4.21. The molecule has 1 unspecified atom stereocenters. The van der Waals surface area contributed by atoms with Gasteiger partial charge in [-0.05, 0) is 55.0 Å². The molecule has 0 bridgehead atoms. The molecule has 0 spiro atoms. The molecule has 2 fully saturated rings. The smallest absolute Gasteiger partial charge is 0.209 e. The Morgan fingerprint density at radius 2 is 2.05 bits per heavy atom. The zero-order chi connectivity index (χ0) is 14.5. The van der Waals surface area contributed by atoms with Gasteiger partial charge in [-0.2, -0.15) is 0 Å². The summed E-state index contributed by atoms with van der Waals surface area (Å²) in [5, 5.41) is 17.0. The van der Waals surface area contributed by atoms with Crippen LogP contribution >= 0.6 is 11.8 Å². The molecule has 1 atom stereocenters. The summed E-state index contributed by atoms with van der Waals surface area (Å²) in [4.78, 5) is 0. The Labute approximate surface area is 131 Å². The van der Waals surface area contributed by atoms with Gasteiger partial charge in [-0.3, -0.25) is 0 Å². The molecule has 0 aliphatic heterocycles. The standard InChI is InChI=1S/C15H27N5S/c1-2-10-16-14(12-6-4-3-5-7-12)11-21-15-17-18-19-20(15)13-8-9-13/h12-14,16H,2-11H2,1H3. The number of nitrogens with zero attached hydrogens (tertiary/aromatic N) is 4. The largest absolute Gasteiger partial charge is 0.313 e. The van der Waals surface area contributed by atoms with E-state index in [1.807, 2.05) is 16.4 Å². The fourth-order valence-electron chi connectivity index (χ4n) is 3.22. The van der Waals surface area contributed by atoms with E-state index in [9.17, 15) is 0 Å². The molecule has 21 heavy (non-hydrogen) atoms. The minimum absolute atomic E-state index is 0.569. The van der Waals surface area contributed by atoms with E-state index >= 15 is 0 Å². The number of hydrogen-bond acceptors (Lipinski definition) is 5. The quantitative estimate of drug-likeness (QED) is 0.748. The van der Waals surface area contributed by atoms with Gasteiger partial charge in [0.1, 0.15) is 0 Å². The zero-order valence-electron chi connectivity index (χ0n) is 13.0.